The molecule has 2 amide bonds. The van der Waals surface area contributed by atoms with Gasteiger partial charge in [0, 0.05) is 24.0 Å². The second kappa shape index (κ2) is 16.2. The summed E-state index contributed by atoms with van der Waals surface area (Å²) in [5.41, 5.74) is 2.92. The first-order valence-electron chi connectivity index (χ1n) is 16.3. The Hall–Kier alpha value is -4.34. The van der Waals surface area contributed by atoms with Crippen molar-refractivity contribution in [1.82, 2.24) is 10.2 Å². The largest absolute Gasteiger partial charge is 0.497 e. The van der Waals surface area contributed by atoms with E-state index in [2.05, 4.69) is 5.32 Å². The lowest BCUT2D eigenvalue weighted by Gasteiger charge is -2.35. The molecular weight excluding hydrogens is 646 g/mol. The summed E-state index contributed by atoms with van der Waals surface area (Å²) >= 11 is 6.19. The molecule has 1 fully saturated rings. The minimum atomic E-state index is -4.21. The van der Waals surface area contributed by atoms with Crippen molar-refractivity contribution >= 4 is 39.1 Å². The van der Waals surface area contributed by atoms with Gasteiger partial charge in [0.25, 0.3) is 10.0 Å². The van der Waals surface area contributed by atoms with E-state index >= 15 is 0 Å². The Morgan fingerprint density at radius 1 is 0.854 bits per heavy atom. The number of carbonyl (C=O) groups excluding carboxylic acids is 2. The smallest absolute Gasteiger partial charge is 0.264 e. The highest BCUT2D eigenvalue weighted by molar-refractivity contribution is 7.92. The average Bonchev–Trinajstić information content (AvgIpc) is 3.10. The summed E-state index contributed by atoms with van der Waals surface area (Å²) in [6.07, 6.45) is 5.24. The number of carbonyl (C=O) groups is 2. The SMILES string of the molecule is COc1ccc(S(=O)(=O)N(CC(=O)N(Cc2ccc(Cl)cc2)C(Cc2ccccc2)C(=O)NC2CCCCC2)c2ccc(C)cc2)cc1. The third-order valence-corrected chi connectivity index (χ3v) is 10.8. The summed E-state index contributed by atoms with van der Waals surface area (Å²) in [7, 11) is -2.71. The maximum Gasteiger partial charge on any atom is 0.264 e. The molecule has 0 bridgehead atoms. The molecule has 4 aromatic rings. The lowest BCUT2D eigenvalue weighted by atomic mass is 9.94. The van der Waals surface area contributed by atoms with E-state index in [4.69, 9.17) is 16.3 Å². The van der Waals surface area contributed by atoms with Gasteiger partial charge < -0.3 is 15.0 Å². The predicted octanol–water partition coefficient (Wildman–Crippen LogP) is 6.94. The fraction of sp³-hybridized carbons (Fsp3) is 0.316. The third-order valence-electron chi connectivity index (χ3n) is 8.74. The van der Waals surface area contributed by atoms with Crippen LogP contribution in [0, 0.1) is 6.92 Å². The van der Waals surface area contributed by atoms with Gasteiger partial charge in [-0.1, -0.05) is 91.0 Å². The molecule has 1 aliphatic rings. The number of methoxy groups -OCH3 is 1. The summed E-state index contributed by atoms with van der Waals surface area (Å²) in [5, 5.41) is 3.77. The van der Waals surface area contributed by atoms with Gasteiger partial charge in [-0.05, 0) is 79.4 Å². The summed E-state index contributed by atoms with van der Waals surface area (Å²) in [6, 6.07) is 28.8. The standard InChI is InChI=1S/C38H42ClN3O5S/c1-28-13-19-33(20-14-28)42(48(45,46)35-23-21-34(47-2)22-24-35)27-37(43)41(26-30-15-17-31(39)18-16-30)36(25-29-9-5-3-6-10-29)38(44)40-32-11-7-4-8-12-32/h3,5-6,9-10,13-24,32,36H,4,7-8,11-12,25-27H2,1-2H3,(H,40,44). The van der Waals surface area contributed by atoms with E-state index in [1.807, 2.05) is 49.4 Å². The first-order chi connectivity index (χ1) is 23.1. The average molecular weight is 688 g/mol. The number of anilines is 1. The molecule has 0 saturated heterocycles. The molecule has 0 aliphatic heterocycles. The van der Waals surface area contributed by atoms with E-state index in [1.165, 1.54) is 24.1 Å². The van der Waals surface area contributed by atoms with Crippen LogP contribution in [-0.2, 0) is 32.6 Å². The van der Waals surface area contributed by atoms with Crippen LogP contribution in [0.3, 0.4) is 0 Å². The van der Waals surface area contributed by atoms with Crippen molar-refractivity contribution in [3.63, 3.8) is 0 Å². The van der Waals surface area contributed by atoms with E-state index in [0.29, 0.717) is 16.5 Å². The first-order valence-corrected chi connectivity index (χ1v) is 18.1. The molecule has 5 rings (SSSR count). The highest BCUT2D eigenvalue weighted by Gasteiger charge is 2.35. The highest BCUT2D eigenvalue weighted by atomic mass is 35.5. The monoisotopic (exact) mass is 687 g/mol. The van der Waals surface area contributed by atoms with Crippen LogP contribution in [0.15, 0.2) is 108 Å². The molecule has 10 heteroatoms. The van der Waals surface area contributed by atoms with Crippen molar-refractivity contribution in [2.24, 2.45) is 0 Å². The maximum atomic E-state index is 14.7. The summed E-state index contributed by atoms with van der Waals surface area (Å²) in [6.45, 7) is 1.47. The highest BCUT2D eigenvalue weighted by Crippen LogP contribution is 2.27. The summed E-state index contributed by atoms with van der Waals surface area (Å²) in [4.78, 5) is 30.4. The number of sulfonamides is 1. The van der Waals surface area contributed by atoms with E-state index < -0.39 is 28.5 Å². The molecule has 0 radical (unpaired) electrons. The van der Waals surface area contributed by atoms with Crippen molar-refractivity contribution in [2.45, 2.75) is 69.0 Å². The number of hydrogen-bond donors (Lipinski definition) is 1. The number of nitrogens with zero attached hydrogens (tertiary/aromatic N) is 2. The minimum absolute atomic E-state index is 0.0109. The van der Waals surface area contributed by atoms with Gasteiger partial charge in [-0.25, -0.2) is 8.42 Å². The van der Waals surface area contributed by atoms with Gasteiger partial charge in [0.15, 0.2) is 0 Å². The molecule has 252 valence electrons. The van der Waals surface area contributed by atoms with E-state index in [0.717, 1.165) is 53.1 Å². The van der Waals surface area contributed by atoms with Gasteiger partial charge in [-0.3, -0.25) is 13.9 Å². The molecule has 1 saturated carbocycles. The summed E-state index contributed by atoms with van der Waals surface area (Å²) in [5.74, 6) is -0.260. The molecule has 4 aromatic carbocycles. The Morgan fingerprint density at radius 3 is 2.12 bits per heavy atom. The Kier molecular flexibility index (Phi) is 11.8. The Bertz CT molecular complexity index is 1760. The van der Waals surface area contributed by atoms with E-state index in [9.17, 15) is 18.0 Å². The molecule has 48 heavy (non-hydrogen) atoms. The van der Waals surface area contributed by atoms with Crippen molar-refractivity contribution < 1.29 is 22.7 Å². The third kappa shape index (κ3) is 8.96. The molecule has 1 aliphatic carbocycles. The van der Waals surface area contributed by atoms with Gasteiger partial charge in [0.05, 0.1) is 17.7 Å². The molecule has 1 unspecified atom stereocenters. The number of rotatable bonds is 13. The zero-order valence-corrected chi connectivity index (χ0v) is 28.9. The molecule has 1 atom stereocenters. The second-order valence-corrected chi connectivity index (χ2v) is 14.5. The van der Waals surface area contributed by atoms with Crippen LogP contribution in [0.5, 0.6) is 5.75 Å². The lowest BCUT2D eigenvalue weighted by Crippen LogP contribution is -2.55. The minimum Gasteiger partial charge on any atom is -0.497 e. The van der Waals surface area contributed by atoms with Crippen molar-refractivity contribution in [3.05, 3.63) is 125 Å². The Morgan fingerprint density at radius 2 is 1.50 bits per heavy atom. The van der Waals surface area contributed by atoms with Crippen LogP contribution in [-0.4, -0.2) is 50.9 Å². The number of aryl methyl sites for hydroxylation is 1. The zero-order chi connectivity index (χ0) is 34.1. The predicted molar refractivity (Wildman–Crippen MR) is 190 cm³/mol. The van der Waals surface area contributed by atoms with Crippen LogP contribution in [0.1, 0.15) is 48.8 Å². The van der Waals surface area contributed by atoms with Gasteiger partial charge in [-0.15, -0.1) is 0 Å². The van der Waals surface area contributed by atoms with Crippen LogP contribution in [0.25, 0.3) is 0 Å². The van der Waals surface area contributed by atoms with Crippen molar-refractivity contribution in [1.29, 1.82) is 0 Å². The van der Waals surface area contributed by atoms with Crippen LogP contribution < -0.4 is 14.4 Å². The molecule has 8 nitrogen and oxygen atoms in total. The van der Waals surface area contributed by atoms with Crippen LogP contribution in [0.2, 0.25) is 5.02 Å². The Balaban J connectivity index is 1.55. The fourth-order valence-electron chi connectivity index (χ4n) is 6.00. The number of ether oxygens (including phenoxy) is 1. The van der Waals surface area contributed by atoms with Gasteiger partial charge in [0.2, 0.25) is 11.8 Å². The Labute approximate surface area is 288 Å². The van der Waals surface area contributed by atoms with E-state index in [1.54, 1.807) is 48.5 Å². The van der Waals surface area contributed by atoms with Crippen LogP contribution in [0.4, 0.5) is 5.69 Å². The van der Waals surface area contributed by atoms with E-state index in [-0.39, 0.29) is 29.8 Å². The normalized spacial score (nSPS) is 14.1. The number of halogens is 1. The molecule has 0 spiro atoms. The number of nitrogens with one attached hydrogen (secondary N) is 1. The quantitative estimate of drug-likeness (QED) is 0.164. The number of benzene rings is 4. The zero-order valence-electron chi connectivity index (χ0n) is 27.3. The number of hydrogen-bond acceptors (Lipinski definition) is 5. The van der Waals surface area contributed by atoms with Gasteiger partial charge in [-0.2, -0.15) is 0 Å². The van der Waals surface area contributed by atoms with Crippen molar-refractivity contribution in [3.8, 4) is 5.75 Å². The van der Waals surface area contributed by atoms with Crippen molar-refractivity contribution in [2.75, 3.05) is 18.0 Å². The maximum absolute atomic E-state index is 14.7. The van der Waals surface area contributed by atoms with Gasteiger partial charge in [0.1, 0.15) is 18.3 Å². The molecule has 0 heterocycles. The van der Waals surface area contributed by atoms with Gasteiger partial charge >= 0.3 is 0 Å². The topological polar surface area (TPSA) is 96.0 Å². The second-order valence-electron chi connectivity index (χ2n) is 12.2. The fourth-order valence-corrected chi connectivity index (χ4v) is 7.54. The van der Waals surface area contributed by atoms with Crippen LogP contribution >= 0.6 is 11.6 Å². The lowest BCUT2D eigenvalue weighted by molar-refractivity contribution is -0.140. The summed E-state index contributed by atoms with van der Waals surface area (Å²) < 4.78 is 34.9. The molecule has 0 aromatic heterocycles. The molecule has 1 N–H and O–H groups in total. The first kappa shape index (κ1) is 35.0. The number of amides is 2. The molecular formula is C38H42ClN3O5S.